The highest BCUT2D eigenvalue weighted by atomic mass is 16.1. The smallest absolute Gasteiger partial charge is 0.163 e. The van der Waals surface area contributed by atoms with E-state index in [4.69, 9.17) is 0 Å². The van der Waals surface area contributed by atoms with Gasteiger partial charge in [-0.15, -0.1) is 0 Å². The minimum absolute atomic E-state index is 0.0439. The molecule has 2 aromatic rings. The van der Waals surface area contributed by atoms with E-state index in [0.29, 0.717) is 24.7 Å². The summed E-state index contributed by atoms with van der Waals surface area (Å²) in [5.74, 6) is 1.39. The van der Waals surface area contributed by atoms with Crippen LogP contribution in [0, 0.1) is 31.6 Å². The number of rotatable bonds is 10. The van der Waals surface area contributed by atoms with E-state index in [9.17, 15) is 19.2 Å². The maximum atomic E-state index is 12.7. The minimum atomic E-state index is -0.0597. The second-order valence-corrected chi connectivity index (χ2v) is 11.1. The molecule has 0 bridgehead atoms. The summed E-state index contributed by atoms with van der Waals surface area (Å²) in [6.45, 7) is 15.6. The van der Waals surface area contributed by atoms with Gasteiger partial charge in [0.15, 0.2) is 11.6 Å². The molecule has 2 unspecified atom stereocenters. The van der Waals surface area contributed by atoms with Gasteiger partial charge < -0.3 is 0 Å². The van der Waals surface area contributed by atoms with Crippen LogP contribution < -0.4 is 0 Å². The standard InChI is InChI=1S/C23H32O3.C9H10O.C3H8/c1-5-18(6-2)20(14-21(25)10-16(4)24)12-17-11-19-9-7-8-15(3)23(19)22(26)13-17;1-7-3-5-9(6-4-7)8(2)10;1-3-2/h7-9,17-18,20H,5-6,10-14H2,1-4H3;3-6H,1-2H3;3H2,1-2H3. The number of Topliss-reactive ketones (excluding diaryl/α,β-unsaturated/α-hetero) is 4. The van der Waals surface area contributed by atoms with Crippen LogP contribution in [0.4, 0.5) is 0 Å². The van der Waals surface area contributed by atoms with Gasteiger partial charge in [0.1, 0.15) is 11.6 Å². The summed E-state index contributed by atoms with van der Waals surface area (Å²) < 4.78 is 0. The van der Waals surface area contributed by atoms with Crippen molar-refractivity contribution in [1.82, 2.24) is 0 Å². The van der Waals surface area contributed by atoms with Gasteiger partial charge in [0.25, 0.3) is 0 Å². The van der Waals surface area contributed by atoms with Crippen molar-refractivity contribution in [2.24, 2.45) is 17.8 Å². The van der Waals surface area contributed by atoms with Crippen LogP contribution >= 0.6 is 0 Å². The van der Waals surface area contributed by atoms with Crippen molar-refractivity contribution in [3.8, 4) is 0 Å². The zero-order chi connectivity index (χ0) is 29.5. The third kappa shape index (κ3) is 11.8. The molecule has 0 saturated heterocycles. The molecule has 2 atom stereocenters. The van der Waals surface area contributed by atoms with E-state index in [2.05, 4.69) is 33.8 Å². The number of carbonyl (C=O) groups is 4. The molecule has 4 heteroatoms. The topological polar surface area (TPSA) is 68.3 Å². The second-order valence-electron chi connectivity index (χ2n) is 11.1. The second kappa shape index (κ2) is 17.7. The summed E-state index contributed by atoms with van der Waals surface area (Å²) in [6, 6.07) is 13.7. The van der Waals surface area contributed by atoms with Crippen LogP contribution in [0.3, 0.4) is 0 Å². The molecule has 0 aromatic heterocycles. The Hall–Kier alpha value is -2.88. The first-order chi connectivity index (χ1) is 18.5. The minimum Gasteiger partial charge on any atom is -0.300 e. The lowest BCUT2D eigenvalue weighted by molar-refractivity contribution is -0.126. The van der Waals surface area contributed by atoms with E-state index >= 15 is 0 Å². The Kier molecular flexibility index (Phi) is 15.5. The first kappa shape index (κ1) is 34.1. The molecule has 1 aliphatic rings. The van der Waals surface area contributed by atoms with Crippen molar-refractivity contribution in [2.75, 3.05) is 0 Å². The van der Waals surface area contributed by atoms with E-state index in [1.54, 1.807) is 6.92 Å². The lowest BCUT2D eigenvalue weighted by Gasteiger charge is -2.31. The summed E-state index contributed by atoms with van der Waals surface area (Å²) in [5.41, 5.74) is 5.11. The van der Waals surface area contributed by atoms with Crippen molar-refractivity contribution in [1.29, 1.82) is 0 Å². The number of fused-ring (bicyclic) bond motifs is 1. The van der Waals surface area contributed by atoms with E-state index in [0.717, 1.165) is 47.9 Å². The summed E-state index contributed by atoms with van der Waals surface area (Å²) in [4.78, 5) is 47.0. The SMILES string of the molecule is CC(=O)c1ccc(C)cc1.CCC.CCC(CC)C(CC(=O)CC(C)=O)CC1CC(=O)c2c(C)cccc2C1. The monoisotopic (exact) mass is 534 g/mol. The maximum Gasteiger partial charge on any atom is 0.163 e. The summed E-state index contributed by atoms with van der Waals surface area (Å²) in [5, 5.41) is 0. The predicted octanol–water partition coefficient (Wildman–Crippen LogP) is 8.73. The van der Waals surface area contributed by atoms with Gasteiger partial charge >= 0.3 is 0 Å². The number of carbonyl (C=O) groups excluding carboxylic acids is 4. The Bertz CT molecular complexity index is 1080. The molecule has 4 nitrogen and oxygen atoms in total. The Morgan fingerprint density at radius 2 is 1.44 bits per heavy atom. The predicted molar refractivity (Wildman–Crippen MR) is 162 cm³/mol. The quantitative estimate of drug-likeness (QED) is 0.226. The largest absolute Gasteiger partial charge is 0.300 e. The van der Waals surface area contributed by atoms with Crippen molar-refractivity contribution < 1.29 is 19.2 Å². The van der Waals surface area contributed by atoms with Crippen LogP contribution in [0.5, 0.6) is 0 Å². The van der Waals surface area contributed by atoms with E-state index < -0.39 is 0 Å². The Morgan fingerprint density at radius 1 is 0.846 bits per heavy atom. The molecule has 2 aromatic carbocycles. The summed E-state index contributed by atoms with van der Waals surface area (Å²) in [7, 11) is 0. The first-order valence-electron chi connectivity index (χ1n) is 14.7. The van der Waals surface area contributed by atoms with Crippen LogP contribution in [0.25, 0.3) is 0 Å². The van der Waals surface area contributed by atoms with Crippen molar-refractivity contribution in [3.05, 3.63) is 70.3 Å². The van der Waals surface area contributed by atoms with Gasteiger partial charge in [-0.1, -0.05) is 95.0 Å². The average molecular weight is 535 g/mol. The molecule has 0 amide bonds. The molecule has 0 aliphatic heterocycles. The number of benzene rings is 2. The third-order valence-electron chi connectivity index (χ3n) is 7.37. The van der Waals surface area contributed by atoms with Crippen molar-refractivity contribution in [2.45, 2.75) is 107 Å². The van der Waals surface area contributed by atoms with Gasteiger partial charge in [0, 0.05) is 24.0 Å². The Balaban J connectivity index is 0.000000483. The lowest BCUT2D eigenvalue weighted by atomic mass is 9.72. The molecular formula is C35H50O4. The van der Waals surface area contributed by atoms with Crippen molar-refractivity contribution in [3.63, 3.8) is 0 Å². The van der Waals surface area contributed by atoms with Gasteiger partial charge in [-0.25, -0.2) is 0 Å². The van der Waals surface area contributed by atoms with Crippen molar-refractivity contribution >= 4 is 23.1 Å². The van der Waals surface area contributed by atoms with Crippen LogP contribution in [-0.2, 0) is 16.0 Å². The summed E-state index contributed by atoms with van der Waals surface area (Å²) >= 11 is 0. The lowest BCUT2D eigenvalue weighted by Crippen LogP contribution is -2.27. The molecule has 3 rings (SSSR count). The molecular weight excluding hydrogens is 484 g/mol. The molecule has 0 N–H and O–H groups in total. The molecule has 0 fully saturated rings. The van der Waals surface area contributed by atoms with Gasteiger partial charge in [-0.05, 0) is 69.4 Å². The first-order valence-corrected chi connectivity index (χ1v) is 14.7. The molecule has 0 spiro atoms. The highest BCUT2D eigenvalue weighted by Gasteiger charge is 2.31. The summed E-state index contributed by atoms with van der Waals surface area (Å²) in [6.07, 6.45) is 6.22. The normalized spacial score (nSPS) is 14.8. The number of aryl methyl sites for hydroxylation is 2. The number of hydrogen-bond donors (Lipinski definition) is 0. The molecule has 39 heavy (non-hydrogen) atoms. The zero-order valence-corrected chi connectivity index (χ0v) is 25.6. The van der Waals surface area contributed by atoms with E-state index in [1.807, 2.05) is 50.2 Å². The van der Waals surface area contributed by atoms with Gasteiger partial charge in [0.2, 0.25) is 0 Å². The number of ketones is 4. The Labute approximate surface area is 237 Å². The molecule has 1 aliphatic carbocycles. The number of hydrogen-bond acceptors (Lipinski definition) is 4. The fourth-order valence-corrected chi connectivity index (χ4v) is 5.47. The maximum absolute atomic E-state index is 12.7. The fourth-order valence-electron chi connectivity index (χ4n) is 5.47. The molecule has 0 saturated carbocycles. The molecule has 0 heterocycles. The third-order valence-corrected chi connectivity index (χ3v) is 7.37. The van der Waals surface area contributed by atoms with Crippen LogP contribution in [-0.4, -0.2) is 23.1 Å². The zero-order valence-electron chi connectivity index (χ0n) is 25.6. The fraction of sp³-hybridized carbons (Fsp3) is 0.543. The highest BCUT2D eigenvalue weighted by molar-refractivity contribution is 6.00. The Morgan fingerprint density at radius 3 is 1.95 bits per heavy atom. The van der Waals surface area contributed by atoms with Crippen LogP contribution in [0.15, 0.2) is 42.5 Å². The van der Waals surface area contributed by atoms with Gasteiger partial charge in [-0.2, -0.15) is 0 Å². The molecule has 0 radical (unpaired) electrons. The van der Waals surface area contributed by atoms with Crippen LogP contribution in [0.1, 0.15) is 124 Å². The van der Waals surface area contributed by atoms with Crippen LogP contribution in [0.2, 0.25) is 0 Å². The van der Waals surface area contributed by atoms with Gasteiger partial charge in [0.05, 0.1) is 6.42 Å². The van der Waals surface area contributed by atoms with E-state index in [1.165, 1.54) is 18.9 Å². The molecule has 214 valence electrons. The highest BCUT2D eigenvalue weighted by Crippen LogP contribution is 2.36. The van der Waals surface area contributed by atoms with E-state index in [-0.39, 0.29) is 35.5 Å². The van der Waals surface area contributed by atoms with Gasteiger partial charge in [-0.3, -0.25) is 19.2 Å². The average Bonchev–Trinajstić information content (AvgIpc) is 2.85.